The summed E-state index contributed by atoms with van der Waals surface area (Å²) in [4.78, 5) is 12.2. The smallest absolute Gasteiger partial charge is 0.243 e. The average molecular weight is 416 g/mol. The quantitative estimate of drug-likeness (QED) is 0.578. The summed E-state index contributed by atoms with van der Waals surface area (Å²) in [6.07, 6.45) is 0. The molecule has 2 N–H and O–H groups in total. The Labute approximate surface area is 166 Å². The van der Waals surface area contributed by atoms with Crippen LogP contribution in [0, 0.1) is 0 Å². The van der Waals surface area contributed by atoms with Gasteiger partial charge in [-0.05, 0) is 32.0 Å². The van der Waals surface area contributed by atoms with E-state index in [1.807, 2.05) is 13.8 Å². The van der Waals surface area contributed by atoms with E-state index in [-0.39, 0.29) is 23.4 Å². The maximum atomic E-state index is 12.9. The third kappa shape index (κ3) is 6.06. The Bertz CT molecular complexity index is 750. The van der Waals surface area contributed by atoms with Crippen LogP contribution in [0.3, 0.4) is 0 Å². The molecule has 10 heteroatoms. The number of benzene rings is 1. The first-order valence-corrected chi connectivity index (χ1v) is 10.7. The summed E-state index contributed by atoms with van der Waals surface area (Å²) >= 11 is 0. The summed E-state index contributed by atoms with van der Waals surface area (Å²) in [5.41, 5.74) is 0.450. The summed E-state index contributed by atoms with van der Waals surface area (Å²) in [6.45, 7) is 5.86. The molecule has 1 heterocycles. The van der Waals surface area contributed by atoms with Crippen molar-refractivity contribution in [3.63, 3.8) is 0 Å². The third-order valence-corrected chi connectivity index (χ3v) is 6.02. The van der Waals surface area contributed by atoms with Crippen LogP contribution in [0.15, 0.2) is 23.1 Å². The zero-order valence-electron chi connectivity index (χ0n) is 16.6. The van der Waals surface area contributed by atoms with Crippen LogP contribution in [-0.4, -0.2) is 77.8 Å². The molecule has 1 aromatic rings. The van der Waals surface area contributed by atoms with Crippen molar-refractivity contribution >= 4 is 21.6 Å². The molecule has 1 aliphatic rings. The summed E-state index contributed by atoms with van der Waals surface area (Å²) in [7, 11) is -2.08. The molecule has 0 saturated carbocycles. The zero-order valence-corrected chi connectivity index (χ0v) is 17.4. The van der Waals surface area contributed by atoms with E-state index in [9.17, 15) is 13.2 Å². The molecule has 1 aliphatic heterocycles. The Morgan fingerprint density at radius 1 is 1.32 bits per heavy atom. The van der Waals surface area contributed by atoms with Gasteiger partial charge in [0.2, 0.25) is 15.9 Å². The van der Waals surface area contributed by atoms with Gasteiger partial charge in [0.1, 0.15) is 5.75 Å². The van der Waals surface area contributed by atoms with E-state index >= 15 is 0 Å². The SMILES string of the molecule is CCOc1ccc(S(=O)(=O)N2CCOCC2)cc1NCC(=O)NC(C)COC. The number of sulfonamides is 1. The highest BCUT2D eigenvalue weighted by molar-refractivity contribution is 7.89. The molecular weight excluding hydrogens is 386 g/mol. The fraction of sp³-hybridized carbons (Fsp3) is 0.611. The molecule has 0 aliphatic carbocycles. The molecule has 0 aromatic heterocycles. The molecule has 2 rings (SSSR count). The molecule has 1 saturated heterocycles. The molecule has 1 fully saturated rings. The van der Waals surface area contributed by atoms with Crippen molar-refractivity contribution in [3.8, 4) is 5.75 Å². The fourth-order valence-corrected chi connectivity index (χ4v) is 4.25. The molecule has 1 amide bonds. The number of hydrogen-bond donors (Lipinski definition) is 2. The van der Waals surface area contributed by atoms with Gasteiger partial charge < -0.3 is 24.8 Å². The number of hydrogen-bond acceptors (Lipinski definition) is 7. The number of methoxy groups -OCH3 is 1. The van der Waals surface area contributed by atoms with Gasteiger partial charge >= 0.3 is 0 Å². The second-order valence-corrected chi connectivity index (χ2v) is 8.32. The van der Waals surface area contributed by atoms with Gasteiger partial charge in [0.25, 0.3) is 0 Å². The predicted molar refractivity (Wildman–Crippen MR) is 105 cm³/mol. The number of anilines is 1. The normalized spacial score (nSPS) is 16.4. The maximum absolute atomic E-state index is 12.9. The van der Waals surface area contributed by atoms with Crippen LogP contribution < -0.4 is 15.4 Å². The summed E-state index contributed by atoms with van der Waals surface area (Å²) in [6, 6.07) is 4.49. The highest BCUT2D eigenvalue weighted by Gasteiger charge is 2.27. The van der Waals surface area contributed by atoms with Gasteiger partial charge in [-0.2, -0.15) is 4.31 Å². The monoisotopic (exact) mass is 415 g/mol. The van der Waals surface area contributed by atoms with Crippen LogP contribution in [0.1, 0.15) is 13.8 Å². The van der Waals surface area contributed by atoms with Crippen molar-refractivity contribution in [1.29, 1.82) is 0 Å². The Morgan fingerprint density at radius 2 is 2.04 bits per heavy atom. The van der Waals surface area contributed by atoms with E-state index < -0.39 is 10.0 Å². The lowest BCUT2D eigenvalue weighted by Gasteiger charge is -2.26. The van der Waals surface area contributed by atoms with Crippen molar-refractivity contribution in [2.24, 2.45) is 0 Å². The minimum Gasteiger partial charge on any atom is -0.492 e. The highest BCUT2D eigenvalue weighted by Crippen LogP contribution is 2.29. The van der Waals surface area contributed by atoms with Gasteiger partial charge in [-0.25, -0.2) is 8.42 Å². The number of nitrogens with one attached hydrogen (secondary N) is 2. The highest BCUT2D eigenvalue weighted by atomic mass is 32.2. The summed E-state index contributed by atoms with van der Waals surface area (Å²) in [5.74, 6) is 0.259. The second-order valence-electron chi connectivity index (χ2n) is 6.38. The van der Waals surface area contributed by atoms with E-state index in [1.165, 1.54) is 16.4 Å². The minimum atomic E-state index is -3.64. The topological polar surface area (TPSA) is 106 Å². The first kappa shape index (κ1) is 22.4. The molecule has 1 unspecified atom stereocenters. The van der Waals surface area contributed by atoms with Gasteiger partial charge in [0.15, 0.2) is 0 Å². The van der Waals surface area contributed by atoms with Crippen molar-refractivity contribution in [2.45, 2.75) is 24.8 Å². The number of nitrogens with zero attached hydrogens (tertiary/aromatic N) is 1. The first-order chi connectivity index (χ1) is 13.4. The lowest BCUT2D eigenvalue weighted by Crippen LogP contribution is -2.40. The van der Waals surface area contributed by atoms with Gasteiger partial charge in [-0.15, -0.1) is 0 Å². The van der Waals surface area contributed by atoms with Crippen LogP contribution in [-0.2, 0) is 24.3 Å². The van der Waals surface area contributed by atoms with Gasteiger partial charge in [0, 0.05) is 26.2 Å². The number of ether oxygens (including phenoxy) is 3. The molecule has 1 atom stereocenters. The second kappa shape index (κ2) is 10.6. The number of morpholine rings is 1. The lowest BCUT2D eigenvalue weighted by atomic mass is 10.3. The Balaban J connectivity index is 2.15. The molecule has 158 valence electrons. The molecule has 0 bridgehead atoms. The summed E-state index contributed by atoms with van der Waals surface area (Å²) in [5, 5.41) is 5.77. The Morgan fingerprint density at radius 3 is 2.68 bits per heavy atom. The molecule has 9 nitrogen and oxygen atoms in total. The van der Waals surface area contributed by atoms with E-state index in [4.69, 9.17) is 14.2 Å². The van der Waals surface area contributed by atoms with E-state index in [0.29, 0.717) is 51.0 Å². The van der Waals surface area contributed by atoms with E-state index in [1.54, 1.807) is 13.2 Å². The predicted octanol–water partition coefficient (Wildman–Crippen LogP) is 0.669. The van der Waals surface area contributed by atoms with Crippen LogP contribution in [0.4, 0.5) is 5.69 Å². The van der Waals surface area contributed by atoms with Crippen molar-refractivity contribution in [3.05, 3.63) is 18.2 Å². The van der Waals surface area contributed by atoms with Crippen LogP contribution in [0.25, 0.3) is 0 Å². The summed E-state index contributed by atoms with van der Waals surface area (Å²) < 4.78 is 42.9. The van der Waals surface area contributed by atoms with Crippen LogP contribution >= 0.6 is 0 Å². The zero-order chi connectivity index (χ0) is 20.6. The molecule has 1 aromatic carbocycles. The molecule has 28 heavy (non-hydrogen) atoms. The van der Waals surface area contributed by atoms with Gasteiger partial charge in [0.05, 0.1) is 43.6 Å². The number of rotatable bonds is 10. The van der Waals surface area contributed by atoms with Crippen LogP contribution in [0.5, 0.6) is 5.75 Å². The Kier molecular flexibility index (Phi) is 8.49. The van der Waals surface area contributed by atoms with E-state index in [0.717, 1.165) is 0 Å². The number of carbonyl (C=O) groups is 1. The third-order valence-electron chi connectivity index (χ3n) is 4.12. The van der Waals surface area contributed by atoms with Gasteiger partial charge in [-0.1, -0.05) is 0 Å². The lowest BCUT2D eigenvalue weighted by molar-refractivity contribution is -0.120. The maximum Gasteiger partial charge on any atom is 0.243 e. The first-order valence-electron chi connectivity index (χ1n) is 9.25. The fourth-order valence-electron chi connectivity index (χ4n) is 2.82. The standard InChI is InChI=1S/C18H29N3O6S/c1-4-27-17-6-5-15(28(23,24)21-7-9-26-10-8-21)11-16(17)19-12-18(22)20-14(2)13-25-3/h5-6,11,14,19H,4,7-10,12-13H2,1-3H3,(H,20,22). The molecule has 0 radical (unpaired) electrons. The molecule has 0 spiro atoms. The van der Waals surface area contributed by atoms with Gasteiger partial charge in [-0.3, -0.25) is 4.79 Å². The van der Waals surface area contributed by atoms with Crippen molar-refractivity contribution in [2.75, 3.05) is 58.5 Å². The van der Waals surface area contributed by atoms with Crippen molar-refractivity contribution < 1.29 is 27.4 Å². The minimum absolute atomic E-state index is 0.0187. The number of carbonyl (C=O) groups excluding carboxylic acids is 1. The Hall–Kier alpha value is -1.88. The van der Waals surface area contributed by atoms with Crippen LogP contribution in [0.2, 0.25) is 0 Å². The largest absolute Gasteiger partial charge is 0.492 e. The average Bonchev–Trinajstić information content (AvgIpc) is 2.68. The number of amides is 1. The van der Waals surface area contributed by atoms with E-state index in [2.05, 4.69) is 10.6 Å². The molecular formula is C18H29N3O6S. The van der Waals surface area contributed by atoms with Crippen molar-refractivity contribution in [1.82, 2.24) is 9.62 Å².